The molecule has 4 nitrogen and oxygen atoms in total. The topological polar surface area (TPSA) is 42.2 Å². The van der Waals surface area contributed by atoms with Crippen molar-refractivity contribution >= 4 is 5.65 Å². The van der Waals surface area contributed by atoms with Gasteiger partial charge in [0.15, 0.2) is 5.65 Å². The number of aromatic nitrogens is 3. The second kappa shape index (κ2) is 4.11. The van der Waals surface area contributed by atoms with Crippen LogP contribution in [-0.4, -0.2) is 27.7 Å². The summed E-state index contributed by atoms with van der Waals surface area (Å²) in [5, 5.41) is 8.04. The van der Waals surface area contributed by atoms with E-state index in [1.54, 1.807) is 0 Å². The van der Waals surface area contributed by atoms with E-state index in [9.17, 15) is 0 Å². The van der Waals surface area contributed by atoms with Crippen LogP contribution in [0.1, 0.15) is 23.5 Å². The SMILES string of the molecule is Cc1cc(C)n2nc(CC3CCNC3)cc2n1. The van der Waals surface area contributed by atoms with Crippen LogP contribution in [0.5, 0.6) is 0 Å². The van der Waals surface area contributed by atoms with Gasteiger partial charge in [0.25, 0.3) is 0 Å². The summed E-state index contributed by atoms with van der Waals surface area (Å²) in [5.41, 5.74) is 4.36. The van der Waals surface area contributed by atoms with Crippen LogP contribution < -0.4 is 5.32 Å². The number of nitrogens with zero attached hydrogens (tertiary/aromatic N) is 3. The molecule has 3 rings (SSSR count). The van der Waals surface area contributed by atoms with Gasteiger partial charge in [-0.05, 0) is 51.8 Å². The molecule has 0 spiro atoms. The van der Waals surface area contributed by atoms with Crippen LogP contribution in [0.2, 0.25) is 0 Å². The molecule has 1 N–H and O–H groups in total. The molecular weight excluding hydrogens is 212 g/mol. The second-order valence-electron chi connectivity index (χ2n) is 5.01. The van der Waals surface area contributed by atoms with E-state index in [2.05, 4.69) is 34.5 Å². The molecule has 1 aliphatic heterocycles. The highest BCUT2D eigenvalue weighted by molar-refractivity contribution is 5.41. The minimum absolute atomic E-state index is 0.737. The van der Waals surface area contributed by atoms with Gasteiger partial charge >= 0.3 is 0 Å². The van der Waals surface area contributed by atoms with Crippen LogP contribution >= 0.6 is 0 Å². The molecule has 1 unspecified atom stereocenters. The van der Waals surface area contributed by atoms with Gasteiger partial charge in [-0.1, -0.05) is 0 Å². The Morgan fingerprint density at radius 1 is 1.41 bits per heavy atom. The van der Waals surface area contributed by atoms with Gasteiger partial charge in [0, 0.05) is 17.5 Å². The normalized spacial score (nSPS) is 20.2. The molecule has 0 saturated carbocycles. The first-order chi connectivity index (χ1) is 8.22. The van der Waals surface area contributed by atoms with E-state index in [1.165, 1.54) is 12.1 Å². The number of hydrogen-bond donors (Lipinski definition) is 1. The standard InChI is InChI=1S/C13H18N4/c1-9-5-10(2)17-13(15-9)7-12(16-17)6-11-3-4-14-8-11/h5,7,11,14H,3-4,6,8H2,1-2H3. The minimum Gasteiger partial charge on any atom is -0.316 e. The Bertz CT molecular complexity index is 538. The number of fused-ring (bicyclic) bond motifs is 1. The molecule has 0 aromatic carbocycles. The van der Waals surface area contributed by atoms with Gasteiger partial charge in [0.2, 0.25) is 0 Å². The summed E-state index contributed by atoms with van der Waals surface area (Å²) in [4.78, 5) is 4.52. The van der Waals surface area contributed by atoms with Gasteiger partial charge in [-0.3, -0.25) is 0 Å². The summed E-state index contributed by atoms with van der Waals surface area (Å²) in [5.74, 6) is 0.737. The quantitative estimate of drug-likeness (QED) is 0.850. The molecule has 1 atom stereocenters. The van der Waals surface area contributed by atoms with E-state index < -0.39 is 0 Å². The lowest BCUT2D eigenvalue weighted by Crippen LogP contribution is -2.11. The van der Waals surface area contributed by atoms with Crippen LogP contribution in [0.3, 0.4) is 0 Å². The van der Waals surface area contributed by atoms with E-state index in [1.807, 2.05) is 11.4 Å². The lowest BCUT2D eigenvalue weighted by molar-refractivity contribution is 0.568. The van der Waals surface area contributed by atoms with Crippen molar-refractivity contribution in [2.75, 3.05) is 13.1 Å². The molecule has 0 bridgehead atoms. The predicted octanol–water partition coefficient (Wildman–Crippen LogP) is 1.50. The second-order valence-corrected chi connectivity index (χ2v) is 5.01. The average molecular weight is 230 g/mol. The fourth-order valence-corrected chi connectivity index (χ4v) is 2.62. The van der Waals surface area contributed by atoms with E-state index in [0.29, 0.717) is 0 Å². The Hall–Kier alpha value is -1.42. The molecule has 0 aliphatic carbocycles. The Morgan fingerprint density at radius 2 is 2.29 bits per heavy atom. The zero-order chi connectivity index (χ0) is 11.8. The van der Waals surface area contributed by atoms with Crippen LogP contribution in [0.4, 0.5) is 0 Å². The van der Waals surface area contributed by atoms with Crippen LogP contribution in [-0.2, 0) is 6.42 Å². The first-order valence-electron chi connectivity index (χ1n) is 6.26. The number of rotatable bonds is 2. The summed E-state index contributed by atoms with van der Waals surface area (Å²) < 4.78 is 1.95. The maximum Gasteiger partial charge on any atom is 0.155 e. The van der Waals surface area contributed by atoms with Crippen molar-refractivity contribution in [1.82, 2.24) is 19.9 Å². The third-order valence-electron chi connectivity index (χ3n) is 3.44. The Morgan fingerprint density at radius 3 is 3.06 bits per heavy atom. The van der Waals surface area contributed by atoms with Crippen LogP contribution in [0.25, 0.3) is 5.65 Å². The smallest absolute Gasteiger partial charge is 0.155 e. The van der Waals surface area contributed by atoms with E-state index in [0.717, 1.165) is 42.5 Å². The summed E-state index contributed by atoms with van der Waals surface area (Å²) >= 11 is 0. The minimum atomic E-state index is 0.737. The van der Waals surface area contributed by atoms with Crippen molar-refractivity contribution in [3.05, 3.63) is 29.2 Å². The summed E-state index contributed by atoms with van der Waals surface area (Å²) in [6, 6.07) is 4.19. The molecule has 17 heavy (non-hydrogen) atoms. The van der Waals surface area contributed by atoms with Gasteiger partial charge in [0.1, 0.15) is 0 Å². The van der Waals surface area contributed by atoms with Gasteiger partial charge in [-0.15, -0.1) is 0 Å². The zero-order valence-electron chi connectivity index (χ0n) is 10.4. The Labute approximate surface area is 101 Å². The summed E-state index contributed by atoms with van der Waals surface area (Å²) in [6.07, 6.45) is 2.33. The predicted molar refractivity (Wildman–Crippen MR) is 67.1 cm³/mol. The fraction of sp³-hybridized carbons (Fsp3) is 0.538. The van der Waals surface area contributed by atoms with E-state index in [-0.39, 0.29) is 0 Å². The third-order valence-corrected chi connectivity index (χ3v) is 3.44. The maximum atomic E-state index is 4.64. The fourth-order valence-electron chi connectivity index (χ4n) is 2.62. The van der Waals surface area contributed by atoms with Gasteiger partial charge < -0.3 is 5.32 Å². The molecule has 0 radical (unpaired) electrons. The highest BCUT2D eigenvalue weighted by Gasteiger charge is 2.17. The van der Waals surface area contributed by atoms with Crippen LogP contribution in [0.15, 0.2) is 12.1 Å². The van der Waals surface area contributed by atoms with Crippen LogP contribution in [0, 0.1) is 19.8 Å². The maximum absolute atomic E-state index is 4.64. The zero-order valence-corrected chi connectivity index (χ0v) is 10.4. The van der Waals surface area contributed by atoms with Gasteiger partial charge in [0.05, 0.1) is 5.69 Å². The number of aryl methyl sites for hydroxylation is 2. The Kier molecular flexibility index (Phi) is 2.59. The average Bonchev–Trinajstić information content (AvgIpc) is 2.87. The van der Waals surface area contributed by atoms with Gasteiger partial charge in [-0.2, -0.15) is 5.10 Å². The molecule has 3 heterocycles. The molecule has 4 heteroatoms. The van der Waals surface area contributed by atoms with Crippen molar-refractivity contribution in [1.29, 1.82) is 0 Å². The monoisotopic (exact) mass is 230 g/mol. The molecule has 1 fully saturated rings. The highest BCUT2D eigenvalue weighted by atomic mass is 15.3. The molecular formula is C13H18N4. The molecule has 90 valence electrons. The van der Waals surface area contributed by atoms with E-state index >= 15 is 0 Å². The third kappa shape index (κ3) is 2.05. The van der Waals surface area contributed by atoms with Gasteiger partial charge in [-0.25, -0.2) is 9.50 Å². The van der Waals surface area contributed by atoms with Crippen molar-refractivity contribution in [2.24, 2.45) is 5.92 Å². The molecule has 1 aliphatic rings. The molecule has 2 aromatic heterocycles. The first-order valence-corrected chi connectivity index (χ1v) is 6.26. The lowest BCUT2D eigenvalue weighted by Gasteiger charge is -2.03. The molecule has 2 aromatic rings. The van der Waals surface area contributed by atoms with Crippen molar-refractivity contribution in [3.63, 3.8) is 0 Å². The summed E-state index contributed by atoms with van der Waals surface area (Å²) in [6.45, 7) is 6.38. The van der Waals surface area contributed by atoms with Crippen molar-refractivity contribution < 1.29 is 0 Å². The number of hydrogen-bond acceptors (Lipinski definition) is 3. The molecule has 0 amide bonds. The Balaban J connectivity index is 1.93. The van der Waals surface area contributed by atoms with Crippen molar-refractivity contribution in [2.45, 2.75) is 26.7 Å². The highest BCUT2D eigenvalue weighted by Crippen LogP contribution is 2.16. The first kappa shape index (κ1) is 10.7. The molecule has 1 saturated heterocycles. The van der Waals surface area contributed by atoms with E-state index in [4.69, 9.17) is 0 Å². The number of nitrogens with one attached hydrogen (secondary N) is 1. The van der Waals surface area contributed by atoms with Crippen molar-refractivity contribution in [3.8, 4) is 0 Å². The summed E-state index contributed by atoms with van der Waals surface area (Å²) in [7, 11) is 0. The lowest BCUT2D eigenvalue weighted by atomic mass is 10.0. The largest absolute Gasteiger partial charge is 0.316 e.